The molecule has 1 fully saturated rings. The largest absolute Gasteiger partial charge is 0.450 e. The number of H-pyrrole nitrogens is 1. The van der Waals surface area contributed by atoms with E-state index >= 15 is 0 Å². The number of nitrogens with one attached hydrogen (secondary N) is 1. The number of rotatable bonds is 4. The molecule has 138 valence electrons. The Morgan fingerprint density at radius 3 is 2.78 bits per heavy atom. The van der Waals surface area contributed by atoms with E-state index in [2.05, 4.69) is 9.97 Å². The first-order valence-electron chi connectivity index (χ1n) is 8.42. The van der Waals surface area contributed by atoms with Gasteiger partial charge in [-0.2, -0.15) is 0 Å². The molecule has 6 nitrogen and oxygen atoms in total. The number of benzene rings is 1. The Labute approximate surface area is 164 Å². The summed E-state index contributed by atoms with van der Waals surface area (Å²) in [4.78, 5) is 33.8. The molecule has 3 heterocycles. The quantitative estimate of drug-likeness (QED) is 0.618. The van der Waals surface area contributed by atoms with E-state index in [0.717, 1.165) is 33.5 Å². The molecule has 2 aromatic heterocycles. The Hall–Kier alpha value is -2.45. The third kappa shape index (κ3) is 3.42. The van der Waals surface area contributed by atoms with Crippen LogP contribution in [0.1, 0.15) is 25.2 Å². The van der Waals surface area contributed by atoms with Crippen LogP contribution < -0.4 is 0 Å². The molecule has 1 aromatic carbocycles. The van der Waals surface area contributed by atoms with Crippen molar-refractivity contribution in [1.82, 2.24) is 14.9 Å². The van der Waals surface area contributed by atoms with Crippen molar-refractivity contribution in [3.05, 3.63) is 46.6 Å². The minimum atomic E-state index is -0.279. The number of carbonyl (C=O) groups is 2. The van der Waals surface area contributed by atoms with E-state index in [4.69, 9.17) is 4.42 Å². The second kappa shape index (κ2) is 6.94. The van der Waals surface area contributed by atoms with Crippen LogP contribution in [0.25, 0.3) is 17.1 Å². The van der Waals surface area contributed by atoms with E-state index in [9.17, 15) is 9.59 Å². The van der Waals surface area contributed by atoms with Gasteiger partial charge in [-0.3, -0.25) is 14.5 Å². The number of imide groups is 1. The summed E-state index contributed by atoms with van der Waals surface area (Å²) < 4.78 is 5.79. The normalized spacial score (nSPS) is 16.4. The molecule has 0 radical (unpaired) electrons. The average molecular weight is 399 g/mol. The zero-order chi connectivity index (χ0) is 19.1. The van der Waals surface area contributed by atoms with Gasteiger partial charge in [0.1, 0.15) is 5.76 Å². The first kappa shape index (κ1) is 17.9. The number of amides is 2. The minimum Gasteiger partial charge on any atom is -0.450 e. The lowest BCUT2D eigenvalue weighted by Gasteiger charge is -2.16. The summed E-state index contributed by atoms with van der Waals surface area (Å²) in [6, 6.07) is 9.40. The fourth-order valence-corrected chi connectivity index (χ4v) is 4.52. The van der Waals surface area contributed by atoms with Gasteiger partial charge in [0.2, 0.25) is 0 Å². The zero-order valence-electron chi connectivity index (χ0n) is 15.0. The van der Waals surface area contributed by atoms with Crippen LogP contribution in [0.15, 0.2) is 49.9 Å². The van der Waals surface area contributed by atoms with E-state index in [-0.39, 0.29) is 17.2 Å². The fraction of sp³-hybridized carbons (Fsp3) is 0.211. The fourth-order valence-electron chi connectivity index (χ4n) is 2.82. The van der Waals surface area contributed by atoms with Gasteiger partial charge >= 0.3 is 0 Å². The number of nitrogens with zero attached hydrogens (tertiary/aromatic N) is 2. The number of furan rings is 1. The SMILES string of the molecule is Cc1cccc2nc(Sc3ccc(/C=C4\SC(=O)N(C(C)C)C4=O)o3)[nH]c12. The third-order valence-electron chi connectivity index (χ3n) is 4.12. The number of carbonyl (C=O) groups excluding carboxylic acids is 2. The second-order valence-corrected chi connectivity index (χ2v) is 8.40. The van der Waals surface area contributed by atoms with Crippen molar-refractivity contribution in [2.45, 2.75) is 37.1 Å². The summed E-state index contributed by atoms with van der Waals surface area (Å²) in [5.41, 5.74) is 3.05. The lowest BCUT2D eigenvalue weighted by molar-refractivity contribution is -0.123. The number of para-hydroxylation sites is 1. The standard InChI is InChI=1S/C19H17N3O3S2/c1-10(2)22-17(23)14(26-19(22)24)9-12-7-8-15(25-12)27-18-20-13-6-4-5-11(3)16(13)21-18/h4-10H,1-3H3,(H,20,21)/b14-9-. The van der Waals surface area contributed by atoms with Crippen LogP contribution in [-0.2, 0) is 4.79 Å². The molecular weight excluding hydrogens is 382 g/mol. The first-order valence-corrected chi connectivity index (χ1v) is 10.1. The van der Waals surface area contributed by atoms with Crippen molar-refractivity contribution in [3.63, 3.8) is 0 Å². The molecular formula is C19H17N3O3S2. The summed E-state index contributed by atoms with van der Waals surface area (Å²) in [5.74, 6) is 0.248. The molecule has 27 heavy (non-hydrogen) atoms. The third-order valence-corrected chi connectivity index (χ3v) is 5.81. The highest BCUT2D eigenvalue weighted by atomic mass is 32.2. The van der Waals surface area contributed by atoms with Crippen molar-refractivity contribution in [2.75, 3.05) is 0 Å². The zero-order valence-corrected chi connectivity index (χ0v) is 16.6. The lowest BCUT2D eigenvalue weighted by Crippen LogP contribution is -2.34. The number of aromatic nitrogens is 2. The molecule has 0 spiro atoms. The minimum absolute atomic E-state index is 0.164. The number of hydrogen-bond acceptors (Lipinski definition) is 6. The summed E-state index contributed by atoms with van der Waals surface area (Å²) in [6.45, 7) is 5.66. The van der Waals surface area contributed by atoms with Gasteiger partial charge in [-0.25, -0.2) is 4.98 Å². The summed E-state index contributed by atoms with van der Waals surface area (Å²) in [6.07, 6.45) is 1.61. The van der Waals surface area contributed by atoms with Gasteiger partial charge < -0.3 is 9.40 Å². The summed E-state index contributed by atoms with van der Waals surface area (Å²) in [7, 11) is 0. The van der Waals surface area contributed by atoms with E-state index in [0.29, 0.717) is 15.8 Å². The highest BCUT2D eigenvalue weighted by Gasteiger charge is 2.36. The number of imidazole rings is 1. The molecule has 1 saturated heterocycles. The maximum atomic E-state index is 12.3. The molecule has 1 aliphatic heterocycles. The highest BCUT2D eigenvalue weighted by molar-refractivity contribution is 8.18. The maximum Gasteiger partial charge on any atom is 0.293 e. The number of thioether (sulfide) groups is 1. The number of aromatic amines is 1. The van der Waals surface area contributed by atoms with Crippen LogP contribution in [0.4, 0.5) is 4.79 Å². The van der Waals surface area contributed by atoms with E-state index in [1.54, 1.807) is 12.1 Å². The topological polar surface area (TPSA) is 79.2 Å². The van der Waals surface area contributed by atoms with Crippen LogP contribution >= 0.6 is 23.5 Å². The highest BCUT2D eigenvalue weighted by Crippen LogP contribution is 2.35. The van der Waals surface area contributed by atoms with E-state index in [1.165, 1.54) is 16.7 Å². The van der Waals surface area contributed by atoms with Crippen molar-refractivity contribution >= 4 is 51.8 Å². The molecule has 0 aliphatic carbocycles. The van der Waals surface area contributed by atoms with Crippen molar-refractivity contribution in [1.29, 1.82) is 0 Å². The smallest absolute Gasteiger partial charge is 0.293 e. The van der Waals surface area contributed by atoms with Crippen LogP contribution in [-0.4, -0.2) is 32.1 Å². The molecule has 0 atom stereocenters. The number of hydrogen-bond donors (Lipinski definition) is 1. The van der Waals surface area contributed by atoms with E-state index in [1.807, 2.05) is 45.0 Å². The molecule has 2 amide bonds. The number of aryl methyl sites for hydroxylation is 1. The Morgan fingerprint density at radius 1 is 1.26 bits per heavy atom. The first-order chi connectivity index (χ1) is 12.9. The Morgan fingerprint density at radius 2 is 2.07 bits per heavy atom. The molecule has 1 aliphatic rings. The van der Waals surface area contributed by atoms with Crippen LogP contribution in [0.5, 0.6) is 0 Å². The second-order valence-electron chi connectivity index (χ2n) is 6.42. The molecule has 0 saturated carbocycles. The maximum absolute atomic E-state index is 12.3. The van der Waals surface area contributed by atoms with Gasteiger partial charge in [0.25, 0.3) is 11.1 Å². The Bertz CT molecular complexity index is 1080. The van der Waals surface area contributed by atoms with Crippen LogP contribution in [0.2, 0.25) is 0 Å². The number of fused-ring (bicyclic) bond motifs is 1. The van der Waals surface area contributed by atoms with Gasteiger partial charge in [0, 0.05) is 12.1 Å². The summed E-state index contributed by atoms with van der Waals surface area (Å²) in [5, 5.41) is 1.14. The van der Waals surface area contributed by atoms with E-state index < -0.39 is 0 Å². The monoisotopic (exact) mass is 399 g/mol. The Balaban J connectivity index is 1.54. The van der Waals surface area contributed by atoms with Crippen LogP contribution in [0, 0.1) is 6.92 Å². The molecule has 3 aromatic rings. The Kier molecular flexibility index (Phi) is 4.61. The summed E-state index contributed by atoms with van der Waals surface area (Å²) >= 11 is 2.31. The average Bonchev–Trinajstić information content (AvgIpc) is 3.27. The lowest BCUT2D eigenvalue weighted by atomic mass is 10.2. The van der Waals surface area contributed by atoms with Crippen LogP contribution in [0.3, 0.4) is 0 Å². The van der Waals surface area contributed by atoms with Gasteiger partial charge in [0.05, 0.1) is 15.9 Å². The van der Waals surface area contributed by atoms with Gasteiger partial charge in [-0.05, 0) is 68.1 Å². The molecule has 4 rings (SSSR count). The molecule has 0 unspecified atom stereocenters. The predicted octanol–water partition coefficient (Wildman–Crippen LogP) is 5.06. The predicted molar refractivity (Wildman–Crippen MR) is 107 cm³/mol. The van der Waals surface area contributed by atoms with Crippen molar-refractivity contribution in [3.8, 4) is 0 Å². The van der Waals surface area contributed by atoms with Gasteiger partial charge in [0.15, 0.2) is 10.2 Å². The van der Waals surface area contributed by atoms with Gasteiger partial charge in [-0.15, -0.1) is 0 Å². The van der Waals surface area contributed by atoms with Crippen molar-refractivity contribution < 1.29 is 14.0 Å². The molecule has 1 N–H and O–H groups in total. The molecule has 8 heteroatoms. The van der Waals surface area contributed by atoms with Gasteiger partial charge in [-0.1, -0.05) is 12.1 Å². The van der Waals surface area contributed by atoms with Crippen molar-refractivity contribution in [2.24, 2.45) is 0 Å². The molecule has 0 bridgehead atoms.